The molecule has 2 rings (SSSR count). The topological polar surface area (TPSA) is 58.1 Å². The zero-order valence-electron chi connectivity index (χ0n) is 16.8. The fourth-order valence-electron chi connectivity index (χ4n) is 2.78. The predicted octanol–water partition coefficient (Wildman–Crippen LogP) is 2.88. The second-order valence-corrected chi connectivity index (χ2v) is 6.65. The largest absolute Gasteiger partial charge is 0.379 e. The molecule has 0 spiro atoms. The quantitative estimate of drug-likeness (QED) is 0.229. The molecule has 6 nitrogen and oxygen atoms in total. The lowest BCUT2D eigenvalue weighted by atomic mass is 10.2. The van der Waals surface area contributed by atoms with E-state index >= 15 is 0 Å². The Morgan fingerprint density at radius 2 is 2.11 bits per heavy atom. The molecule has 1 aliphatic rings. The number of aliphatic imine (C=N–C) groups is 1. The summed E-state index contributed by atoms with van der Waals surface area (Å²) in [6.45, 7) is 9.04. The highest BCUT2D eigenvalue weighted by Crippen LogP contribution is 2.14. The van der Waals surface area contributed by atoms with Gasteiger partial charge in [0.2, 0.25) is 0 Å². The van der Waals surface area contributed by atoms with Gasteiger partial charge in [-0.25, -0.2) is 0 Å². The Bertz CT molecular complexity index is 524. The molecule has 0 bridgehead atoms. The minimum atomic E-state index is 0. The van der Waals surface area contributed by atoms with Crippen molar-refractivity contribution in [3.8, 4) is 0 Å². The molecule has 1 aromatic carbocycles. The number of nitrogens with zero attached hydrogens (tertiary/aromatic N) is 2. The fourth-order valence-corrected chi connectivity index (χ4v) is 2.78. The maximum atomic E-state index is 5.79. The summed E-state index contributed by atoms with van der Waals surface area (Å²) in [4.78, 5) is 6.98. The first-order chi connectivity index (χ1) is 12.7. The predicted molar refractivity (Wildman–Crippen MR) is 123 cm³/mol. The van der Waals surface area contributed by atoms with Gasteiger partial charge in [0, 0.05) is 45.1 Å². The molecule has 2 N–H and O–H groups in total. The number of rotatable bonds is 10. The highest BCUT2D eigenvalue weighted by molar-refractivity contribution is 14.0. The maximum Gasteiger partial charge on any atom is 0.191 e. The highest BCUT2D eigenvalue weighted by Gasteiger charge is 2.15. The Morgan fingerprint density at radius 3 is 2.78 bits per heavy atom. The van der Waals surface area contributed by atoms with Crippen molar-refractivity contribution in [3.63, 3.8) is 0 Å². The van der Waals surface area contributed by atoms with Crippen LogP contribution in [0.4, 0.5) is 5.69 Å². The van der Waals surface area contributed by atoms with Crippen LogP contribution in [-0.4, -0.2) is 64.6 Å². The first-order valence-corrected chi connectivity index (χ1v) is 9.70. The van der Waals surface area contributed by atoms with E-state index in [4.69, 9.17) is 14.5 Å². The molecule has 0 saturated carbocycles. The Hall–Kier alpha value is -1.06. The number of ether oxygens (including phenoxy) is 2. The smallest absolute Gasteiger partial charge is 0.191 e. The molecule has 1 fully saturated rings. The zero-order valence-corrected chi connectivity index (χ0v) is 19.1. The molecular weight excluding hydrogens is 455 g/mol. The standard InChI is InChI=1S/C20H34N4O2.HI/c1-4-21-20(22-12-8-13-26-19-11-14-25-16-19)23-15-17(2)24(3)18-9-6-5-7-10-18;/h5-7,9-10,17,19H,4,8,11-16H2,1-3H3,(H2,21,22,23);1H. The fraction of sp³-hybridized carbons (Fsp3) is 0.650. The summed E-state index contributed by atoms with van der Waals surface area (Å²) in [6, 6.07) is 10.7. The van der Waals surface area contributed by atoms with E-state index in [9.17, 15) is 0 Å². The molecule has 0 aromatic heterocycles. The summed E-state index contributed by atoms with van der Waals surface area (Å²) in [5.41, 5.74) is 1.21. The number of likely N-dealkylation sites (N-methyl/N-ethyl adjacent to an activating group) is 1. The minimum absolute atomic E-state index is 0. The molecule has 1 heterocycles. The summed E-state index contributed by atoms with van der Waals surface area (Å²) < 4.78 is 11.1. The number of halogens is 1. The van der Waals surface area contributed by atoms with Crippen molar-refractivity contribution in [2.24, 2.45) is 4.99 Å². The lowest BCUT2D eigenvalue weighted by Gasteiger charge is -2.26. The van der Waals surface area contributed by atoms with E-state index in [-0.39, 0.29) is 30.1 Å². The third-order valence-corrected chi connectivity index (χ3v) is 4.54. The van der Waals surface area contributed by atoms with Crippen LogP contribution in [0.25, 0.3) is 0 Å². The molecule has 2 atom stereocenters. The third-order valence-electron chi connectivity index (χ3n) is 4.54. The Kier molecular flexibility index (Phi) is 12.4. The second kappa shape index (κ2) is 14.0. The van der Waals surface area contributed by atoms with Crippen LogP contribution >= 0.6 is 24.0 Å². The first-order valence-electron chi connectivity index (χ1n) is 9.70. The van der Waals surface area contributed by atoms with Crippen molar-refractivity contribution < 1.29 is 9.47 Å². The van der Waals surface area contributed by atoms with Gasteiger partial charge < -0.3 is 25.0 Å². The lowest BCUT2D eigenvalue weighted by Crippen LogP contribution is -2.40. The van der Waals surface area contributed by atoms with E-state index in [1.54, 1.807) is 0 Å². The van der Waals surface area contributed by atoms with Crippen LogP contribution in [0.15, 0.2) is 35.3 Å². The summed E-state index contributed by atoms with van der Waals surface area (Å²) in [6.07, 6.45) is 2.26. The monoisotopic (exact) mass is 490 g/mol. The van der Waals surface area contributed by atoms with Crippen LogP contribution in [0.1, 0.15) is 26.7 Å². The minimum Gasteiger partial charge on any atom is -0.379 e. The first kappa shape index (κ1) is 24.0. The molecule has 0 amide bonds. The van der Waals surface area contributed by atoms with Gasteiger partial charge in [-0.05, 0) is 38.8 Å². The molecule has 7 heteroatoms. The average Bonchev–Trinajstić information content (AvgIpc) is 3.19. The van der Waals surface area contributed by atoms with E-state index in [2.05, 4.69) is 60.7 Å². The van der Waals surface area contributed by atoms with E-state index < -0.39 is 0 Å². The summed E-state index contributed by atoms with van der Waals surface area (Å²) >= 11 is 0. The SMILES string of the molecule is CCNC(=NCC(C)N(C)c1ccccc1)NCCCOC1CCOC1.I. The van der Waals surface area contributed by atoms with Crippen molar-refractivity contribution in [1.29, 1.82) is 0 Å². The summed E-state index contributed by atoms with van der Waals surface area (Å²) in [7, 11) is 2.11. The van der Waals surface area contributed by atoms with Gasteiger partial charge in [-0.15, -0.1) is 24.0 Å². The van der Waals surface area contributed by atoms with Crippen molar-refractivity contribution >= 4 is 35.6 Å². The van der Waals surface area contributed by atoms with Gasteiger partial charge in [0.05, 0.1) is 19.3 Å². The van der Waals surface area contributed by atoms with E-state index in [0.717, 1.165) is 58.3 Å². The van der Waals surface area contributed by atoms with Crippen LogP contribution < -0.4 is 15.5 Å². The Labute approximate surface area is 181 Å². The molecule has 154 valence electrons. The third kappa shape index (κ3) is 9.12. The number of benzene rings is 1. The number of hydrogen-bond donors (Lipinski definition) is 2. The van der Waals surface area contributed by atoms with Gasteiger partial charge in [-0.2, -0.15) is 0 Å². The average molecular weight is 490 g/mol. The molecule has 27 heavy (non-hydrogen) atoms. The zero-order chi connectivity index (χ0) is 18.6. The number of para-hydroxylation sites is 1. The molecule has 2 unspecified atom stereocenters. The van der Waals surface area contributed by atoms with E-state index in [0.29, 0.717) is 6.04 Å². The number of guanidine groups is 1. The van der Waals surface area contributed by atoms with Gasteiger partial charge in [-0.1, -0.05) is 18.2 Å². The number of anilines is 1. The molecule has 1 aromatic rings. The molecule has 0 radical (unpaired) electrons. The van der Waals surface area contributed by atoms with Crippen molar-refractivity contribution in [2.45, 2.75) is 38.8 Å². The Balaban J connectivity index is 0.00000364. The van der Waals surface area contributed by atoms with Gasteiger partial charge in [0.1, 0.15) is 0 Å². The van der Waals surface area contributed by atoms with Crippen molar-refractivity contribution in [3.05, 3.63) is 30.3 Å². The van der Waals surface area contributed by atoms with Gasteiger partial charge in [0.25, 0.3) is 0 Å². The van der Waals surface area contributed by atoms with Crippen LogP contribution in [0.3, 0.4) is 0 Å². The second-order valence-electron chi connectivity index (χ2n) is 6.65. The summed E-state index contributed by atoms with van der Waals surface area (Å²) in [5.74, 6) is 0.866. The van der Waals surface area contributed by atoms with Crippen LogP contribution in [0.2, 0.25) is 0 Å². The maximum absolute atomic E-state index is 5.79. The number of nitrogens with one attached hydrogen (secondary N) is 2. The Morgan fingerprint density at radius 1 is 1.33 bits per heavy atom. The van der Waals surface area contributed by atoms with Crippen molar-refractivity contribution in [2.75, 3.05) is 51.4 Å². The molecule has 0 aliphatic carbocycles. The van der Waals surface area contributed by atoms with Crippen LogP contribution in [-0.2, 0) is 9.47 Å². The van der Waals surface area contributed by atoms with Crippen LogP contribution in [0, 0.1) is 0 Å². The van der Waals surface area contributed by atoms with E-state index in [1.165, 1.54) is 5.69 Å². The molecule has 1 aliphatic heterocycles. The number of hydrogen-bond acceptors (Lipinski definition) is 4. The molecular formula is C20H35IN4O2. The van der Waals surface area contributed by atoms with Gasteiger partial charge in [0.15, 0.2) is 5.96 Å². The van der Waals surface area contributed by atoms with Gasteiger partial charge >= 0.3 is 0 Å². The normalized spacial score (nSPS) is 17.9. The van der Waals surface area contributed by atoms with E-state index in [1.807, 2.05) is 6.07 Å². The van der Waals surface area contributed by atoms with Crippen LogP contribution in [0.5, 0.6) is 0 Å². The van der Waals surface area contributed by atoms with Crippen molar-refractivity contribution in [1.82, 2.24) is 10.6 Å². The highest BCUT2D eigenvalue weighted by atomic mass is 127. The summed E-state index contributed by atoms with van der Waals surface area (Å²) in [5, 5.41) is 6.70. The van der Waals surface area contributed by atoms with Gasteiger partial charge in [-0.3, -0.25) is 4.99 Å². The molecule has 1 saturated heterocycles. The lowest BCUT2D eigenvalue weighted by molar-refractivity contribution is 0.0420.